The molecule has 0 spiro atoms. The van der Waals surface area contributed by atoms with E-state index in [-0.39, 0.29) is 0 Å². The summed E-state index contributed by atoms with van der Waals surface area (Å²) in [5.41, 5.74) is 0. The summed E-state index contributed by atoms with van der Waals surface area (Å²) in [6, 6.07) is 0. The molecule has 1 atom stereocenters. The highest BCUT2D eigenvalue weighted by molar-refractivity contribution is 7.88. The maximum atomic E-state index is 11.3. The van der Waals surface area contributed by atoms with E-state index >= 15 is 0 Å². The second-order valence-electron chi connectivity index (χ2n) is 4.54. The molecular weight excluding hydrogens is 240 g/mol. The normalized spacial score (nSPS) is 21.2. The van der Waals surface area contributed by atoms with Crippen LogP contribution in [0.15, 0.2) is 0 Å². The highest BCUT2D eigenvalue weighted by Crippen LogP contribution is 2.10. The van der Waals surface area contributed by atoms with Crippen LogP contribution in [0, 0.1) is 5.92 Å². The first-order chi connectivity index (χ1) is 8.04. The Morgan fingerprint density at radius 1 is 1.47 bits per heavy atom. The summed E-state index contributed by atoms with van der Waals surface area (Å²) in [6.07, 6.45) is 3.26. The molecule has 1 heterocycles. The minimum atomic E-state index is -3.03. The van der Waals surface area contributed by atoms with Crippen LogP contribution in [-0.4, -0.2) is 58.4 Å². The van der Waals surface area contributed by atoms with E-state index < -0.39 is 10.0 Å². The fourth-order valence-electron chi connectivity index (χ4n) is 1.99. The molecule has 1 N–H and O–H groups in total. The Bertz CT molecular complexity index is 300. The lowest BCUT2D eigenvalue weighted by molar-refractivity contribution is 0.185. The lowest BCUT2D eigenvalue weighted by atomic mass is 10.1. The van der Waals surface area contributed by atoms with Gasteiger partial charge in [0.25, 0.3) is 0 Å². The molecule has 0 bridgehead atoms. The van der Waals surface area contributed by atoms with Crippen molar-refractivity contribution >= 4 is 10.0 Å². The Morgan fingerprint density at radius 3 is 2.76 bits per heavy atom. The lowest BCUT2D eigenvalue weighted by Gasteiger charge is -2.18. The molecule has 0 saturated carbocycles. The van der Waals surface area contributed by atoms with Crippen LogP contribution in [0.25, 0.3) is 0 Å². The van der Waals surface area contributed by atoms with Crippen LogP contribution in [0.3, 0.4) is 0 Å². The molecule has 0 amide bonds. The Balaban J connectivity index is 2.06. The van der Waals surface area contributed by atoms with Gasteiger partial charge in [-0.2, -0.15) is 0 Å². The van der Waals surface area contributed by atoms with E-state index in [1.807, 2.05) is 6.92 Å². The molecule has 1 unspecified atom stereocenters. The van der Waals surface area contributed by atoms with Gasteiger partial charge >= 0.3 is 0 Å². The summed E-state index contributed by atoms with van der Waals surface area (Å²) >= 11 is 0. The molecule has 1 rings (SSSR count). The van der Waals surface area contributed by atoms with Crippen molar-refractivity contribution in [1.29, 1.82) is 0 Å². The standard InChI is InChI=1S/C11H24N2O3S/c1-3-13(17(2,14)15)7-4-6-12-9-11-5-8-16-10-11/h11-12H,3-10H2,1-2H3. The van der Waals surface area contributed by atoms with Crippen molar-refractivity contribution in [3.63, 3.8) is 0 Å². The van der Waals surface area contributed by atoms with Gasteiger partial charge in [0.2, 0.25) is 10.0 Å². The van der Waals surface area contributed by atoms with Gasteiger partial charge in [0.1, 0.15) is 0 Å². The minimum absolute atomic E-state index is 0.551. The average molecular weight is 264 g/mol. The Kier molecular flexibility index (Phi) is 6.40. The number of ether oxygens (including phenoxy) is 1. The van der Waals surface area contributed by atoms with E-state index in [0.717, 1.165) is 39.1 Å². The summed E-state index contributed by atoms with van der Waals surface area (Å²) in [7, 11) is -3.03. The van der Waals surface area contributed by atoms with E-state index in [4.69, 9.17) is 4.74 Å². The van der Waals surface area contributed by atoms with E-state index in [9.17, 15) is 8.42 Å². The lowest BCUT2D eigenvalue weighted by Crippen LogP contribution is -2.33. The fourth-order valence-corrected chi connectivity index (χ4v) is 2.92. The predicted molar refractivity (Wildman–Crippen MR) is 68.5 cm³/mol. The summed E-state index contributed by atoms with van der Waals surface area (Å²) in [4.78, 5) is 0. The quantitative estimate of drug-likeness (QED) is 0.640. The van der Waals surface area contributed by atoms with E-state index in [1.54, 1.807) is 0 Å². The van der Waals surface area contributed by atoms with Crippen molar-refractivity contribution in [2.24, 2.45) is 5.92 Å². The predicted octanol–water partition coefficient (Wildman–Crippen LogP) is 0.284. The first-order valence-electron chi connectivity index (χ1n) is 6.27. The molecule has 5 nitrogen and oxygen atoms in total. The van der Waals surface area contributed by atoms with E-state index in [2.05, 4.69) is 5.32 Å². The summed E-state index contributed by atoms with van der Waals surface area (Å²) in [6.45, 7) is 6.60. The molecule has 17 heavy (non-hydrogen) atoms. The molecule has 0 aromatic carbocycles. The molecule has 0 aromatic rings. The number of sulfonamides is 1. The van der Waals surface area contributed by atoms with E-state index in [1.165, 1.54) is 10.6 Å². The maximum absolute atomic E-state index is 11.3. The summed E-state index contributed by atoms with van der Waals surface area (Å²) in [5.74, 6) is 0.632. The van der Waals surface area contributed by atoms with Crippen LogP contribution in [0.1, 0.15) is 19.8 Å². The van der Waals surface area contributed by atoms with Gasteiger partial charge in [0, 0.05) is 26.2 Å². The Labute approximate surface area is 105 Å². The molecule has 102 valence electrons. The van der Waals surface area contributed by atoms with Gasteiger partial charge in [-0.3, -0.25) is 0 Å². The van der Waals surface area contributed by atoms with Crippen molar-refractivity contribution in [1.82, 2.24) is 9.62 Å². The zero-order chi connectivity index (χ0) is 12.7. The van der Waals surface area contributed by atoms with Gasteiger partial charge in [-0.1, -0.05) is 6.92 Å². The van der Waals surface area contributed by atoms with Crippen LogP contribution in [0.2, 0.25) is 0 Å². The number of nitrogens with zero attached hydrogens (tertiary/aromatic N) is 1. The van der Waals surface area contributed by atoms with Crippen LogP contribution in [0.4, 0.5) is 0 Å². The fraction of sp³-hybridized carbons (Fsp3) is 1.00. The highest BCUT2D eigenvalue weighted by Gasteiger charge is 2.15. The Hall–Kier alpha value is -0.170. The van der Waals surface area contributed by atoms with Gasteiger partial charge in [-0.15, -0.1) is 0 Å². The van der Waals surface area contributed by atoms with Crippen molar-refractivity contribution in [2.45, 2.75) is 19.8 Å². The van der Waals surface area contributed by atoms with Crippen LogP contribution in [-0.2, 0) is 14.8 Å². The van der Waals surface area contributed by atoms with Crippen molar-refractivity contribution in [3.05, 3.63) is 0 Å². The second kappa shape index (κ2) is 7.31. The summed E-state index contributed by atoms with van der Waals surface area (Å²) in [5, 5.41) is 3.36. The number of hydrogen-bond donors (Lipinski definition) is 1. The molecule has 1 aliphatic rings. The first kappa shape index (κ1) is 14.9. The summed E-state index contributed by atoms with van der Waals surface area (Å²) < 4.78 is 29.4. The SMILES string of the molecule is CCN(CCCNCC1CCOC1)S(C)(=O)=O. The zero-order valence-electron chi connectivity index (χ0n) is 10.8. The number of hydrogen-bond acceptors (Lipinski definition) is 4. The largest absolute Gasteiger partial charge is 0.381 e. The smallest absolute Gasteiger partial charge is 0.211 e. The van der Waals surface area contributed by atoms with Gasteiger partial charge in [0.15, 0.2) is 0 Å². The third-order valence-corrected chi connectivity index (χ3v) is 4.42. The molecule has 6 heteroatoms. The third-order valence-electron chi connectivity index (χ3n) is 3.04. The van der Waals surface area contributed by atoms with E-state index in [0.29, 0.717) is 19.0 Å². The molecule has 0 aromatic heterocycles. The number of nitrogens with one attached hydrogen (secondary N) is 1. The average Bonchev–Trinajstić information content (AvgIpc) is 2.74. The molecule has 1 saturated heterocycles. The van der Waals surface area contributed by atoms with Gasteiger partial charge in [-0.25, -0.2) is 12.7 Å². The van der Waals surface area contributed by atoms with Crippen molar-refractivity contribution in [3.8, 4) is 0 Å². The van der Waals surface area contributed by atoms with Crippen molar-refractivity contribution < 1.29 is 13.2 Å². The van der Waals surface area contributed by atoms with Crippen LogP contribution < -0.4 is 5.32 Å². The molecule has 0 radical (unpaired) electrons. The molecule has 0 aliphatic carbocycles. The monoisotopic (exact) mass is 264 g/mol. The molecule has 1 fully saturated rings. The highest BCUT2D eigenvalue weighted by atomic mass is 32.2. The first-order valence-corrected chi connectivity index (χ1v) is 8.12. The van der Waals surface area contributed by atoms with Gasteiger partial charge in [-0.05, 0) is 25.3 Å². The van der Waals surface area contributed by atoms with Gasteiger partial charge in [0.05, 0.1) is 12.9 Å². The number of rotatable bonds is 8. The second-order valence-corrected chi connectivity index (χ2v) is 6.52. The van der Waals surface area contributed by atoms with Crippen LogP contribution >= 0.6 is 0 Å². The topological polar surface area (TPSA) is 58.6 Å². The van der Waals surface area contributed by atoms with Crippen LogP contribution in [0.5, 0.6) is 0 Å². The maximum Gasteiger partial charge on any atom is 0.211 e. The van der Waals surface area contributed by atoms with Crippen molar-refractivity contribution in [2.75, 3.05) is 45.6 Å². The third kappa shape index (κ3) is 5.81. The molecule has 1 aliphatic heterocycles. The zero-order valence-corrected chi connectivity index (χ0v) is 11.6. The van der Waals surface area contributed by atoms with Gasteiger partial charge < -0.3 is 10.1 Å². The molecular formula is C11H24N2O3S. The Morgan fingerprint density at radius 2 is 2.24 bits per heavy atom. The minimum Gasteiger partial charge on any atom is -0.381 e.